The Balaban J connectivity index is 1.26. The molecule has 14 nitrogen and oxygen atoms in total. The van der Waals surface area contributed by atoms with Crippen molar-refractivity contribution in [2.24, 2.45) is 0 Å². The smallest absolute Gasteiger partial charge is 0.392 e. The van der Waals surface area contributed by atoms with Gasteiger partial charge >= 0.3 is 18.2 Å². The monoisotopic (exact) mass is 935 g/mol. The van der Waals surface area contributed by atoms with E-state index in [4.69, 9.17) is 30.5 Å². The Morgan fingerprint density at radius 1 is 1.03 bits per heavy atom. The molecule has 1 fully saturated rings. The van der Waals surface area contributed by atoms with E-state index in [1.54, 1.807) is 49.4 Å². The molecule has 3 aromatic heterocycles. The van der Waals surface area contributed by atoms with Crippen LogP contribution >= 0.6 is 22.9 Å². The van der Waals surface area contributed by atoms with Crippen LogP contribution in [0, 0.1) is 12.7 Å². The van der Waals surface area contributed by atoms with Crippen molar-refractivity contribution in [3.63, 3.8) is 0 Å². The van der Waals surface area contributed by atoms with Gasteiger partial charge in [0.15, 0.2) is 6.61 Å². The quantitative estimate of drug-likeness (QED) is 0.120. The third-order valence-corrected chi connectivity index (χ3v) is 12.8. The summed E-state index contributed by atoms with van der Waals surface area (Å²) in [5, 5.41) is 14.9. The highest BCUT2D eigenvalue weighted by Gasteiger charge is 2.44. The molecule has 3 aliphatic rings. The van der Waals surface area contributed by atoms with Crippen molar-refractivity contribution in [1.82, 2.24) is 29.7 Å². The number of carbonyl (C=O) groups is 2. The average Bonchev–Trinajstić information content (AvgIpc) is 3.66. The fourth-order valence-corrected chi connectivity index (χ4v) is 8.96. The van der Waals surface area contributed by atoms with Gasteiger partial charge in [0.25, 0.3) is 5.91 Å². The molecule has 20 heteroatoms. The molecule has 6 heterocycles. The Morgan fingerprint density at radius 3 is 2.57 bits per heavy atom. The summed E-state index contributed by atoms with van der Waals surface area (Å²) >= 11 is 8.27. The first kappa shape index (κ1) is 45.4. The lowest BCUT2D eigenvalue weighted by Crippen LogP contribution is -2.51. The number of fused-ring (bicyclic) bond motifs is 7. The molecule has 9 rings (SSSR count). The summed E-state index contributed by atoms with van der Waals surface area (Å²) in [5.41, 5.74) is 1.25. The van der Waals surface area contributed by atoms with Gasteiger partial charge in [-0.15, -0.1) is 11.3 Å². The van der Waals surface area contributed by atoms with Crippen LogP contribution in [0.25, 0.3) is 31.8 Å². The van der Waals surface area contributed by atoms with Crippen molar-refractivity contribution in [2.45, 2.75) is 44.6 Å². The summed E-state index contributed by atoms with van der Waals surface area (Å²) in [4.78, 5) is 50.3. The van der Waals surface area contributed by atoms with Crippen LogP contribution in [0.15, 0.2) is 73.2 Å². The van der Waals surface area contributed by atoms with E-state index < -0.39 is 49.1 Å². The molecule has 4 bridgehead atoms. The molecule has 6 aromatic rings. The topological polar surface area (TPSA) is 161 Å². The first-order valence-corrected chi connectivity index (χ1v) is 21.7. The van der Waals surface area contributed by atoms with Gasteiger partial charge < -0.3 is 39.2 Å². The lowest BCUT2D eigenvalue weighted by molar-refractivity contribution is -0.156. The normalized spacial score (nSPS) is 17.2. The number of hydrogen-bond donors (Lipinski definition) is 2. The summed E-state index contributed by atoms with van der Waals surface area (Å²) in [6.07, 6.45) is -3.34. The number of piperazine rings is 1. The van der Waals surface area contributed by atoms with Gasteiger partial charge in [0.05, 0.1) is 28.2 Å². The minimum atomic E-state index is -4.43. The number of nitrogens with zero attached hydrogens (tertiary/aromatic N) is 6. The summed E-state index contributed by atoms with van der Waals surface area (Å²) in [6, 6.07) is 15.3. The predicted octanol–water partition coefficient (Wildman–Crippen LogP) is 8.24. The van der Waals surface area contributed by atoms with Crippen molar-refractivity contribution in [1.29, 1.82) is 0 Å². The fourth-order valence-electron chi connectivity index (χ4n) is 7.60. The van der Waals surface area contributed by atoms with Crippen molar-refractivity contribution in [2.75, 3.05) is 58.3 Å². The van der Waals surface area contributed by atoms with E-state index in [2.05, 4.69) is 35.1 Å². The molecular weight excluding hydrogens is 894 g/mol. The Bertz CT molecular complexity index is 2720. The molecule has 0 unspecified atom stereocenters. The van der Waals surface area contributed by atoms with Crippen LogP contribution in [-0.2, 0) is 22.6 Å². The van der Waals surface area contributed by atoms with Gasteiger partial charge in [-0.3, -0.25) is 4.79 Å². The molecule has 0 spiro atoms. The van der Waals surface area contributed by atoms with Gasteiger partial charge in [-0.05, 0) is 73.1 Å². The maximum Gasteiger partial charge on any atom is 0.392 e. The van der Waals surface area contributed by atoms with Gasteiger partial charge in [0.1, 0.15) is 41.7 Å². The molecule has 3 aromatic carbocycles. The number of ether oxygens (including phenoxy) is 4. The summed E-state index contributed by atoms with van der Waals surface area (Å²) < 4.78 is 76.9. The average molecular weight is 936 g/mol. The number of alkyl halides is 3. The highest BCUT2D eigenvalue weighted by Crippen LogP contribution is 2.50. The zero-order valence-electron chi connectivity index (χ0n) is 35.1. The molecule has 1 atom stereocenters. The number of aliphatic carboxylic acids is 1. The number of benzene rings is 3. The van der Waals surface area contributed by atoms with Crippen LogP contribution in [0.3, 0.4) is 0 Å². The van der Waals surface area contributed by atoms with Gasteiger partial charge in [-0.1, -0.05) is 29.8 Å². The SMILES string of the molecule is Cc1c2ccc(c1Cl)NC(=O)COc1ccc(OCc3ccnc(OCCC(F)(F)F)n3)c(c1)C[C@@](CCN1CCN(C)CC1)(C(=O)O)Oc1ncnc3sc(-c4ccc(F)cc4)c-2c13. The zero-order chi connectivity index (χ0) is 45.9. The van der Waals surface area contributed by atoms with Crippen LogP contribution in [0.2, 0.25) is 5.02 Å². The van der Waals surface area contributed by atoms with Crippen LogP contribution in [0.5, 0.6) is 23.4 Å². The molecular formula is C45H42ClF4N7O7S. The van der Waals surface area contributed by atoms with Gasteiger partial charge in [0.2, 0.25) is 11.5 Å². The Labute approximate surface area is 379 Å². The largest absolute Gasteiger partial charge is 0.487 e. The maximum atomic E-state index is 14.3. The molecule has 1 saturated heterocycles. The molecule has 0 aliphatic carbocycles. The minimum absolute atomic E-state index is 0.0264. The van der Waals surface area contributed by atoms with Gasteiger partial charge in [-0.2, -0.15) is 18.2 Å². The Morgan fingerprint density at radius 2 is 1.82 bits per heavy atom. The second-order valence-corrected chi connectivity index (χ2v) is 17.1. The van der Waals surface area contributed by atoms with Crippen molar-refractivity contribution in [3.8, 4) is 45.0 Å². The number of halogens is 5. The van der Waals surface area contributed by atoms with Crippen LogP contribution in [0.4, 0.5) is 23.2 Å². The first-order valence-electron chi connectivity index (χ1n) is 20.5. The molecule has 65 heavy (non-hydrogen) atoms. The lowest BCUT2D eigenvalue weighted by Gasteiger charge is -2.36. The zero-order valence-corrected chi connectivity index (χ0v) is 36.7. The number of anilines is 1. The number of nitrogens with one attached hydrogen (secondary N) is 1. The number of amides is 1. The number of aromatic nitrogens is 4. The fraction of sp³-hybridized carbons (Fsp3) is 0.333. The number of carboxylic acids is 1. The molecule has 3 aliphatic heterocycles. The first-order chi connectivity index (χ1) is 31.1. The van der Waals surface area contributed by atoms with Crippen molar-refractivity contribution in [3.05, 3.63) is 101 Å². The van der Waals surface area contributed by atoms with Crippen LogP contribution in [-0.4, -0.2) is 111 Å². The third-order valence-electron chi connectivity index (χ3n) is 11.2. The number of carboxylic acid groups (broad SMARTS) is 1. The minimum Gasteiger partial charge on any atom is -0.487 e. The Hall–Kier alpha value is -6.15. The van der Waals surface area contributed by atoms with Crippen molar-refractivity contribution >= 4 is 50.7 Å². The maximum absolute atomic E-state index is 14.3. The molecule has 0 radical (unpaired) electrons. The predicted molar refractivity (Wildman–Crippen MR) is 234 cm³/mol. The Kier molecular flexibility index (Phi) is 13.4. The number of rotatable bonds is 11. The highest BCUT2D eigenvalue weighted by atomic mass is 35.5. The second kappa shape index (κ2) is 19.1. The van der Waals surface area contributed by atoms with Crippen molar-refractivity contribution < 1.29 is 51.2 Å². The standard InChI is InChI=1S/C45H42ClF4N7O7S/c1-26-32-8-9-33(38(26)46)55-35(58)24-62-31-7-10-34(63-23-30-11-14-51-43(54-30)61-20-13-45(48,49)50)28(21-31)22-44(42(59)60,12-15-57-18-16-56(2)17-19-57)64-40-37-36(32)39(65-41(37)53-25-52-40)27-3-5-29(47)6-4-27/h3-11,14,21,25H,12-13,15-20,22-24H2,1-2H3,(H,55,58)(H,59,60)/t44-/m0/s1. The summed E-state index contributed by atoms with van der Waals surface area (Å²) in [7, 11) is 2.02. The third kappa shape index (κ3) is 10.5. The van der Waals surface area contributed by atoms with E-state index in [9.17, 15) is 32.3 Å². The van der Waals surface area contributed by atoms with Gasteiger partial charge in [-0.25, -0.2) is 24.1 Å². The number of hydrogen-bond acceptors (Lipinski definition) is 13. The summed E-state index contributed by atoms with van der Waals surface area (Å²) in [5.74, 6) is -1.88. The van der Waals surface area contributed by atoms with E-state index in [1.807, 2.05) is 7.05 Å². The van der Waals surface area contributed by atoms with Gasteiger partial charge in [0, 0.05) is 67.8 Å². The van der Waals surface area contributed by atoms with E-state index in [1.165, 1.54) is 42.1 Å². The highest BCUT2D eigenvalue weighted by molar-refractivity contribution is 7.22. The lowest BCUT2D eigenvalue weighted by atomic mass is 9.89. The second-order valence-electron chi connectivity index (χ2n) is 15.7. The van der Waals surface area contributed by atoms with Crippen LogP contribution < -0.4 is 24.3 Å². The van der Waals surface area contributed by atoms with E-state index in [0.717, 1.165) is 13.1 Å². The van der Waals surface area contributed by atoms with Crippen LogP contribution in [0.1, 0.15) is 29.7 Å². The van der Waals surface area contributed by atoms with E-state index in [-0.39, 0.29) is 53.6 Å². The summed E-state index contributed by atoms with van der Waals surface area (Å²) in [6.45, 7) is 3.71. The number of thiophene rings is 1. The van der Waals surface area contributed by atoms with E-state index in [0.29, 0.717) is 68.2 Å². The molecule has 2 N–H and O–H groups in total. The molecule has 1 amide bonds. The number of likely N-dealkylation sites (N-methyl/N-ethyl adjacent to an activating group) is 1. The molecule has 0 saturated carbocycles. The number of carbonyl (C=O) groups excluding carboxylic acids is 1. The van der Waals surface area contributed by atoms with E-state index >= 15 is 0 Å². The molecule has 340 valence electrons.